The molecule has 1 rings (SSSR count). The second-order valence-corrected chi connectivity index (χ2v) is 3.60. The molecule has 0 atom stereocenters. The van der Waals surface area contributed by atoms with Gasteiger partial charge >= 0.3 is 0 Å². The molecule has 0 aliphatic heterocycles. The minimum absolute atomic E-state index is 0.322. The fourth-order valence-electron chi connectivity index (χ4n) is 1.43. The summed E-state index contributed by atoms with van der Waals surface area (Å²) < 4.78 is 13.1. The maximum Gasteiger partial charge on any atom is 0.123 e. The van der Waals surface area contributed by atoms with E-state index in [4.69, 9.17) is 5.26 Å². The van der Waals surface area contributed by atoms with Gasteiger partial charge in [-0.2, -0.15) is 5.26 Å². The van der Waals surface area contributed by atoms with E-state index in [9.17, 15) is 4.39 Å². The molecule has 0 unspecified atom stereocenters. The first-order valence-electron chi connectivity index (χ1n) is 5.18. The molecule has 0 heterocycles. The van der Waals surface area contributed by atoms with Gasteiger partial charge in [0.05, 0.1) is 5.57 Å². The van der Waals surface area contributed by atoms with Crippen molar-refractivity contribution < 1.29 is 4.39 Å². The van der Waals surface area contributed by atoms with Crippen LogP contribution in [0.4, 0.5) is 4.39 Å². The summed E-state index contributed by atoms with van der Waals surface area (Å²) in [6.45, 7) is 4.68. The van der Waals surface area contributed by atoms with Crippen molar-refractivity contribution in [3.05, 3.63) is 41.3 Å². The Hall–Kier alpha value is -1.82. The van der Waals surface area contributed by atoms with Crippen LogP contribution < -0.4 is 0 Å². The summed E-state index contributed by atoms with van der Waals surface area (Å²) in [5.41, 5.74) is 2.00. The van der Waals surface area contributed by atoms with Gasteiger partial charge in [0.15, 0.2) is 0 Å². The summed E-state index contributed by atoms with van der Waals surface area (Å²) in [6.07, 6.45) is 0. The Morgan fingerprint density at radius 1 is 1.50 bits per heavy atom. The van der Waals surface area contributed by atoms with Crippen LogP contribution in [0.5, 0.6) is 0 Å². The molecule has 1 aromatic carbocycles. The van der Waals surface area contributed by atoms with Crippen molar-refractivity contribution in [1.29, 1.82) is 5.26 Å². The SMILES string of the molecule is CCN(C)C(C)=C(C#N)c1cccc(F)c1. The molecule has 3 heteroatoms. The van der Waals surface area contributed by atoms with Crippen molar-refractivity contribution in [3.8, 4) is 6.07 Å². The summed E-state index contributed by atoms with van der Waals surface area (Å²) in [5, 5.41) is 9.13. The Labute approximate surface area is 95.6 Å². The summed E-state index contributed by atoms with van der Waals surface area (Å²) >= 11 is 0. The fraction of sp³-hybridized carbons (Fsp3) is 0.308. The molecule has 0 spiro atoms. The minimum atomic E-state index is -0.322. The van der Waals surface area contributed by atoms with Gasteiger partial charge in [0, 0.05) is 19.3 Å². The number of rotatable bonds is 3. The molecule has 0 bridgehead atoms. The number of allylic oxidation sites excluding steroid dienone is 2. The average Bonchev–Trinajstić information content (AvgIpc) is 2.29. The standard InChI is InChI=1S/C13H15FN2/c1-4-16(3)10(2)13(9-15)11-6-5-7-12(14)8-11/h5-8H,4H2,1-3H3. The van der Waals surface area contributed by atoms with Gasteiger partial charge in [-0.25, -0.2) is 4.39 Å². The molecule has 0 fully saturated rings. The molecule has 0 aliphatic rings. The second kappa shape index (κ2) is 5.32. The van der Waals surface area contributed by atoms with Crippen LogP contribution in [0.2, 0.25) is 0 Å². The van der Waals surface area contributed by atoms with E-state index in [2.05, 4.69) is 6.07 Å². The van der Waals surface area contributed by atoms with Crippen LogP contribution in [0.1, 0.15) is 19.4 Å². The third-order valence-corrected chi connectivity index (χ3v) is 2.63. The highest BCUT2D eigenvalue weighted by Gasteiger charge is 2.08. The molecule has 2 nitrogen and oxygen atoms in total. The lowest BCUT2D eigenvalue weighted by atomic mass is 10.0. The van der Waals surface area contributed by atoms with Crippen molar-refractivity contribution in [2.75, 3.05) is 13.6 Å². The van der Waals surface area contributed by atoms with E-state index in [0.29, 0.717) is 11.1 Å². The first-order chi connectivity index (χ1) is 7.60. The predicted molar refractivity (Wildman–Crippen MR) is 62.9 cm³/mol. The zero-order chi connectivity index (χ0) is 12.1. The Kier molecular flexibility index (Phi) is 4.07. The van der Waals surface area contributed by atoms with Crippen molar-refractivity contribution in [2.24, 2.45) is 0 Å². The maximum atomic E-state index is 13.1. The summed E-state index contributed by atoms with van der Waals surface area (Å²) in [7, 11) is 1.91. The molecule has 1 aromatic rings. The molecule has 0 amide bonds. The molecule has 16 heavy (non-hydrogen) atoms. The van der Waals surface area contributed by atoms with E-state index in [1.54, 1.807) is 12.1 Å². The van der Waals surface area contributed by atoms with Gasteiger partial charge < -0.3 is 4.90 Å². The minimum Gasteiger partial charge on any atom is -0.377 e. The van der Waals surface area contributed by atoms with Crippen molar-refractivity contribution >= 4 is 5.57 Å². The first kappa shape index (κ1) is 12.3. The van der Waals surface area contributed by atoms with Gasteiger partial charge in [0.2, 0.25) is 0 Å². The van der Waals surface area contributed by atoms with E-state index in [1.807, 2.05) is 25.8 Å². The van der Waals surface area contributed by atoms with Crippen molar-refractivity contribution in [2.45, 2.75) is 13.8 Å². The number of halogens is 1. The summed E-state index contributed by atoms with van der Waals surface area (Å²) in [5.74, 6) is -0.322. The Balaban J connectivity index is 3.23. The van der Waals surface area contributed by atoms with Crippen LogP contribution in [0, 0.1) is 17.1 Å². The lowest BCUT2D eigenvalue weighted by Crippen LogP contribution is -2.16. The Bertz CT molecular complexity index is 443. The fourth-order valence-corrected chi connectivity index (χ4v) is 1.43. The summed E-state index contributed by atoms with van der Waals surface area (Å²) in [6, 6.07) is 8.24. The highest BCUT2D eigenvalue weighted by molar-refractivity contribution is 5.78. The van der Waals surface area contributed by atoms with Crippen molar-refractivity contribution in [3.63, 3.8) is 0 Å². The maximum absolute atomic E-state index is 13.1. The van der Waals surface area contributed by atoms with Crippen LogP contribution in [-0.4, -0.2) is 18.5 Å². The van der Waals surface area contributed by atoms with Gasteiger partial charge in [-0.15, -0.1) is 0 Å². The third-order valence-electron chi connectivity index (χ3n) is 2.63. The molecule has 0 saturated carbocycles. The van der Waals surface area contributed by atoms with E-state index >= 15 is 0 Å². The topological polar surface area (TPSA) is 27.0 Å². The molecule has 0 aliphatic carbocycles. The van der Waals surface area contributed by atoms with Crippen molar-refractivity contribution in [1.82, 2.24) is 4.90 Å². The van der Waals surface area contributed by atoms with Gasteiger partial charge in [-0.05, 0) is 31.5 Å². The van der Waals surface area contributed by atoms with Crippen LogP contribution in [0.15, 0.2) is 30.0 Å². The quantitative estimate of drug-likeness (QED) is 0.729. The number of hydrogen-bond acceptors (Lipinski definition) is 2. The molecule has 84 valence electrons. The van der Waals surface area contributed by atoms with Gasteiger partial charge in [0.25, 0.3) is 0 Å². The lowest BCUT2D eigenvalue weighted by Gasteiger charge is -2.19. The lowest BCUT2D eigenvalue weighted by molar-refractivity contribution is 0.445. The zero-order valence-electron chi connectivity index (χ0n) is 9.79. The summed E-state index contributed by atoms with van der Waals surface area (Å²) in [4.78, 5) is 1.96. The van der Waals surface area contributed by atoms with E-state index in [1.165, 1.54) is 12.1 Å². The molecular weight excluding hydrogens is 203 g/mol. The van der Waals surface area contributed by atoms with E-state index in [0.717, 1.165) is 12.2 Å². The highest BCUT2D eigenvalue weighted by atomic mass is 19.1. The molecule has 0 N–H and O–H groups in total. The van der Waals surface area contributed by atoms with E-state index in [-0.39, 0.29) is 5.82 Å². The Morgan fingerprint density at radius 3 is 2.69 bits per heavy atom. The number of nitrogens with zero attached hydrogens (tertiary/aromatic N) is 2. The normalized spacial score (nSPS) is 11.7. The van der Waals surface area contributed by atoms with Gasteiger partial charge in [-0.1, -0.05) is 12.1 Å². The van der Waals surface area contributed by atoms with Crippen LogP contribution in [-0.2, 0) is 0 Å². The monoisotopic (exact) mass is 218 g/mol. The van der Waals surface area contributed by atoms with Gasteiger partial charge in [-0.3, -0.25) is 0 Å². The number of benzene rings is 1. The molecule has 0 saturated heterocycles. The van der Waals surface area contributed by atoms with Crippen LogP contribution in [0.3, 0.4) is 0 Å². The van der Waals surface area contributed by atoms with Gasteiger partial charge in [0.1, 0.15) is 11.9 Å². The second-order valence-electron chi connectivity index (χ2n) is 3.60. The third kappa shape index (κ3) is 2.60. The predicted octanol–water partition coefficient (Wildman–Crippen LogP) is 3.03. The smallest absolute Gasteiger partial charge is 0.123 e. The molecule has 0 radical (unpaired) electrons. The molecule has 0 aromatic heterocycles. The number of hydrogen-bond donors (Lipinski definition) is 0. The molecular formula is C13H15FN2. The first-order valence-corrected chi connectivity index (χ1v) is 5.18. The van der Waals surface area contributed by atoms with Crippen LogP contribution in [0.25, 0.3) is 5.57 Å². The Morgan fingerprint density at radius 2 is 2.19 bits per heavy atom. The highest BCUT2D eigenvalue weighted by Crippen LogP contribution is 2.20. The number of nitriles is 1. The average molecular weight is 218 g/mol. The van der Waals surface area contributed by atoms with E-state index < -0.39 is 0 Å². The largest absolute Gasteiger partial charge is 0.377 e. The zero-order valence-corrected chi connectivity index (χ0v) is 9.79. The van der Waals surface area contributed by atoms with Crippen LogP contribution >= 0.6 is 0 Å².